The number of amides is 1. The van der Waals surface area contributed by atoms with Crippen LogP contribution in [0.4, 0.5) is 0 Å². The van der Waals surface area contributed by atoms with Crippen molar-refractivity contribution >= 4 is 11.6 Å². The van der Waals surface area contributed by atoms with Crippen molar-refractivity contribution in [2.24, 2.45) is 0 Å². The lowest BCUT2D eigenvalue weighted by molar-refractivity contribution is -0.121. The molecule has 0 saturated heterocycles. The number of aryl methyl sites for hydroxylation is 1. The van der Waals surface area contributed by atoms with Gasteiger partial charge in [0.15, 0.2) is 0 Å². The summed E-state index contributed by atoms with van der Waals surface area (Å²) in [5, 5.41) is 6.12. The fraction of sp³-hybridized carbons (Fsp3) is 0.438. The molecule has 0 saturated carbocycles. The summed E-state index contributed by atoms with van der Waals surface area (Å²) in [7, 11) is 0. The van der Waals surface area contributed by atoms with E-state index in [1.807, 2.05) is 6.92 Å². The van der Waals surface area contributed by atoms with Crippen molar-refractivity contribution in [2.75, 3.05) is 13.1 Å². The van der Waals surface area contributed by atoms with Crippen LogP contribution in [0.2, 0.25) is 0 Å². The molecule has 0 bridgehead atoms. The van der Waals surface area contributed by atoms with Gasteiger partial charge in [0.05, 0.1) is 0 Å². The SMILES string of the molecule is C=C(NCCCC(=O)NCCC)c1ccc(C)cc1. The van der Waals surface area contributed by atoms with Crippen LogP contribution in [-0.4, -0.2) is 19.0 Å². The van der Waals surface area contributed by atoms with Crippen molar-refractivity contribution in [2.45, 2.75) is 33.1 Å². The van der Waals surface area contributed by atoms with E-state index in [9.17, 15) is 4.79 Å². The van der Waals surface area contributed by atoms with E-state index in [1.165, 1.54) is 5.56 Å². The highest BCUT2D eigenvalue weighted by atomic mass is 16.1. The monoisotopic (exact) mass is 260 g/mol. The Kier molecular flexibility index (Phi) is 6.72. The van der Waals surface area contributed by atoms with Crippen LogP contribution in [0.25, 0.3) is 5.70 Å². The smallest absolute Gasteiger partial charge is 0.220 e. The van der Waals surface area contributed by atoms with Gasteiger partial charge in [-0.3, -0.25) is 4.79 Å². The number of hydrogen-bond donors (Lipinski definition) is 2. The van der Waals surface area contributed by atoms with Gasteiger partial charge < -0.3 is 10.6 Å². The maximum atomic E-state index is 11.4. The Morgan fingerprint density at radius 1 is 1.16 bits per heavy atom. The van der Waals surface area contributed by atoms with Crippen LogP contribution in [0.15, 0.2) is 30.8 Å². The first kappa shape index (κ1) is 15.3. The van der Waals surface area contributed by atoms with E-state index in [2.05, 4.69) is 48.4 Å². The molecule has 104 valence electrons. The second kappa shape index (κ2) is 8.35. The minimum Gasteiger partial charge on any atom is -0.385 e. The Labute approximate surface area is 116 Å². The molecule has 0 aromatic heterocycles. The highest BCUT2D eigenvalue weighted by Gasteiger charge is 2.01. The fourth-order valence-electron chi connectivity index (χ4n) is 1.70. The van der Waals surface area contributed by atoms with Gasteiger partial charge in [-0.25, -0.2) is 0 Å². The molecule has 0 aliphatic rings. The van der Waals surface area contributed by atoms with Gasteiger partial charge in [-0.05, 0) is 25.3 Å². The predicted molar refractivity (Wildman–Crippen MR) is 80.8 cm³/mol. The Bertz CT molecular complexity index is 409. The molecule has 0 unspecified atom stereocenters. The van der Waals surface area contributed by atoms with Crippen LogP contribution in [0.1, 0.15) is 37.3 Å². The minimum absolute atomic E-state index is 0.129. The first-order valence-corrected chi connectivity index (χ1v) is 6.90. The number of nitrogens with one attached hydrogen (secondary N) is 2. The molecule has 0 atom stereocenters. The summed E-state index contributed by atoms with van der Waals surface area (Å²) in [6.45, 7) is 9.66. The molecule has 0 heterocycles. The third kappa shape index (κ3) is 6.09. The molecule has 0 aliphatic carbocycles. The lowest BCUT2D eigenvalue weighted by atomic mass is 10.1. The molecule has 0 spiro atoms. The van der Waals surface area contributed by atoms with E-state index < -0.39 is 0 Å². The van der Waals surface area contributed by atoms with Crippen molar-refractivity contribution in [1.82, 2.24) is 10.6 Å². The number of carbonyl (C=O) groups is 1. The zero-order valence-electron chi connectivity index (χ0n) is 12.0. The highest BCUT2D eigenvalue weighted by Crippen LogP contribution is 2.10. The Hall–Kier alpha value is -1.77. The van der Waals surface area contributed by atoms with Crippen LogP contribution in [0, 0.1) is 6.92 Å². The number of benzene rings is 1. The van der Waals surface area contributed by atoms with Gasteiger partial charge in [-0.1, -0.05) is 43.3 Å². The molecule has 2 N–H and O–H groups in total. The van der Waals surface area contributed by atoms with Crippen LogP contribution in [0.5, 0.6) is 0 Å². The topological polar surface area (TPSA) is 41.1 Å². The molecular formula is C16H24N2O. The largest absolute Gasteiger partial charge is 0.385 e. The van der Waals surface area contributed by atoms with Gasteiger partial charge in [0, 0.05) is 25.2 Å². The average molecular weight is 260 g/mol. The summed E-state index contributed by atoms with van der Waals surface area (Å²) in [5.74, 6) is 0.129. The summed E-state index contributed by atoms with van der Waals surface area (Å²) in [4.78, 5) is 11.4. The van der Waals surface area contributed by atoms with Gasteiger partial charge >= 0.3 is 0 Å². The molecule has 3 nitrogen and oxygen atoms in total. The van der Waals surface area contributed by atoms with Crippen LogP contribution in [0.3, 0.4) is 0 Å². The number of carbonyl (C=O) groups excluding carboxylic acids is 1. The van der Waals surface area contributed by atoms with Crippen LogP contribution < -0.4 is 10.6 Å². The quantitative estimate of drug-likeness (QED) is 0.706. The predicted octanol–water partition coefficient (Wildman–Crippen LogP) is 2.86. The number of hydrogen-bond acceptors (Lipinski definition) is 2. The summed E-state index contributed by atoms with van der Waals surface area (Å²) in [5.41, 5.74) is 3.25. The fourth-order valence-corrected chi connectivity index (χ4v) is 1.70. The van der Waals surface area contributed by atoms with Gasteiger partial charge in [-0.2, -0.15) is 0 Å². The van der Waals surface area contributed by atoms with E-state index in [0.29, 0.717) is 6.42 Å². The van der Waals surface area contributed by atoms with Crippen LogP contribution in [-0.2, 0) is 4.79 Å². The standard InChI is InChI=1S/C16H24N2O/c1-4-11-18-16(19)6-5-12-17-14(3)15-9-7-13(2)8-10-15/h7-10,17H,3-6,11-12H2,1-2H3,(H,18,19). The van der Waals surface area contributed by atoms with E-state index >= 15 is 0 Å². The van der Waals surface area contributed by atoms with Crippen molar-refractivity contribution < 1.29 is 4.79 Å². The molecule has 3 heteroatoms. The lowest BCUT2D eigenvalue weighted by Crippen LogP contribution is -2.25. The van der Waals surface area contributed by atoms with E-state index in [0.717, 1.165) is 37.2 Å². The molecule has 0 fully saturated rings. The van der Waals surface area contributed by atoms with Crippen LogP contribution >= 0.6 is 0 Å². The molecule has 1 rings (SSSR count). The molecule has 1 aromatic rings. The van der Waals surface area contributed by atoms with Gasteiger partial charge in [-0.15, -0.1) is 0 Å². The molecule has 0 aliphatic heterocycles. The van der Waals surface area contributed by atoms with E-state index in [1.54, 1.807) is 0 Å². The second-order valence-corrected chi connectivity index (χ2v) is 4.72. The lowest BCUT2D eigenvalue weighted by Gasteiger charge is -2.10. The second-order valence-electron chi connectivity index (χ2n) is 4.72. The van der Waals surface area contributed by atoms with E-state index in [-0.39, 0.29) is 5.91 Å². The third-order valence-electron chi connectivity index (χ3n) is 2.89. The maximum Gasteiger partial charge on any atom is 0.220 e. The first-order chi connectivity index (χ1) is 9.13. The molecule has 19 heavy (non-hydrogen) atoms. The summed E-state index contributed by atoms with van der Waals surface area (Å²) in [6, 6.07) is 8.25. The summed E-state index contributed by atoms with van der Waals surface area (Å²) < 4.78 is 0. The number of rotatable bonds is 8. The molecule has 0 radical (unpaired) electrons. The highest BCUT2D eigenvalue weighted by molar-refractivity contribution is 5.75. The molecular weight excluding hydrogens is 236 g/mol. The zero-order chi connectivity index (χ0) is 14.1. The van der Waals surface area contributed by atoms with Crippen molar-refractivity contribution in [1.29, 1.82) is 0 Å². The minimum atomic E-state index is 0.129. The third-order valence-corrected chi connectivity index (χ3v) is 2.89. The normalized spacial score (nSPS) is 10.0. The Morgan fingerprint density at radius 3 is 2.47 bits per heavy atom. The summed E-state index contributed by atoms with van der Waals surface area (Å²) in [6.07, 6.45) is 2.36. The average Bonchev–Trinajstić information content (AvgIpc) is 2.41. The van der Waals surface area contributed by atoms with Gasteiger partial charge in [0.25, 0.3) is 0 Å². The molecule has 1 aromatic carbocycles. The zero-order valence-corrected chi connectivity index (χ0v) is 12.0. The molecule has 1 amide bonds. The van der Waals surface area contributed by atoms with E-state index in [4.69, 9.17) is 0 Å². The van der Waals surface area contributed by atoms with Gasteiger partial charge in [0.2, 0.25) is 5.91 Å². The van der Waals surface area contributed by atoms with Gasteiger partial charge in [0.1, 0.15) is 0 Å². The summed E-state index contributed by atoms with van der Waals surface area (Å²) >= 11 is 0. The Balaban J connectivity index is 2.20. The van der Waals surface area contributed by atoms with Crippen molar-refractivity contribution in [3.05, 3.63) is 42.0 Å². The van der Waals surface area contributed by atoms with Crippen molar-refractivity contribution in [3.8, 4) is 0 Å². The van der Waals surface area contributed by atoms with Crippen molar-refractivity contribution in [3.63, 3.8) is 0 Å². The first-order valence-electron chi connectivity index (χ1n) is 6.90. The Morgan fingerprint density at radius 2 is 1.84 bits per heavy atom. The maximum absolute atomic E-state index is 11.4.